The minimum Gasteiger partial charge on any atom is -0.374 e. The fraction of sp³-hybridized carbons (Fsp3) is 1.00. The molecule has 0 aliphatic heterocycles. The molecule has 1 rings (SSSR count). The summed E-state index contributed by atoms with van der Waals surface area (Å²) in [6.07, 6.45) is 5.16. The van der Waals surface area contributed by atoms with Crippen molar-refractivity contribution < 1.29 is 4.74 Å². The Labute approximate surface area is 96.7 Å². The van der Waals surface area contributed by atoms with Crippen LogP contribution in [0.15, 0.2) is 0 Å². The van der Waals surface area contributed by atoms with Crippen molar-refractivity contribution in [2.45, 2.75) is 52.1 Å². The SMILES string of the molecule is CC(C)COC1(CBr)CCCC(C)C1. The third-order valence-corrected chi connectivity index (χ3v) is 4.04. The third-order valence-electron chi connectivity index (χ3n) is 3.02. The van der Waals surface area contributed by atoms with Gasteiger partial charge in [-0.15, -0.1) is 0 Å². The first kappa shape index (κ1) is 12.5. The van der Waals surface area contributed by atoms with Crippen LogP contribution in [-0.2, 0) is 4.74 Å². The van der Waals surface area contributed by atoms with E-state index in [9.17, 15) is 0 Å². The Bertz CT molecular complexity index is 170. The average Bonchev–Trinajstić information content (AvgIpc) is 2.15. The Balaban J connectivity index is 2.47. The maximum absolute atomic E-state index is 6.10. The van der Waals surface area contributed by atoms with E-state index in [1.807, 2.05) is 0 Å². The number of hydrogen-bond donors (Lipinski definition) is 0. The average molecular weight is 263 g/mol. The topological polar surface area (TPSA) is 9.23 Å². The standard InChI is InChI=1S/C12H23BrO/c1-10(2)8-14-12(9-13)6-4-5-11(3)7-12/h10-11H,4-9H2,1-3H3. The first-order valence-electron chi connectivity index (χ1n) is 5.78. The Kier molecular flexibility index (Phi) is 4.92. The zero-order valence-electron chi connectivity index (χ0n) is 9.68. The van der Waals surface area contributed by atoms with Crippen molar-refractivity contribution in [2.75, 3.05) is 11.9 Å². The quantitative estimate of drug-likeness (QED) is 0.696. The summed E-state index contributed by atoms with van der Waals surface area (Å²) in [5.74, 6) is 1.47. The predicted octanol–water partition coefficient (Wildman–Crippen LogP) is 4.00. The van der Waals surface area contributed by atoms with Crippen LogP contribution in [0.1, 0.15) is 46.5 Å². The van der Waals surface area contributed by atoms with Gasteiger partial charge >= 0.3 is 0 Å². The van der Waals surface area contributed by atoms with Gasteiger partial charge in [0, 0.05) is 11.9 Å². The van der Waals surface area contributed by atoms with Crippen molar-refractivity contribution in [3.8, 4) is 0 Å². The molecule has 0 bridgehead atoms. The molecule has 84 valence electrons. The molecule has 1 aliphatic carbocycles. The summed E-state index contributed by atoms with van der Waals surface area (Å²) >= 11 is 3.62. The Morgan fingerprint density at radius 1 is 1.50 bits per heavy atom. The molecule has 2 unspecified atom stereocenters. The lowest BCUT2D eigenvalue weighted by molar-refractivity contribution is -0.0726. The van der Waals surface area contributed by atoms with Crippen molar-refractivity contribution in [2.24, 2.45) is 11.8 Å². The lowest BCUT2D eigenvalue weighted by Crippen LogP contribution is -2.40. The molecule has 0 aromatic heterocycles. The number of rotatable bonds is 4. The van der Waals surface area contributed by atoms with Crippen LogP contribution in [-0.4, -0.2) is 17.5 Å². The zero-order chi connectivity index (χ0) is 10.6. The van der Waals surface area contributed by atoms with Crippen molar-refractivity contribution in [3.63, 3.8) is 0 Å². The summed E-state index contributed by atoms with van der Waals surface area (Å²) in [6.45, 7) is 7.68. The van der Waals surface area contributed by atoms with E-state index >= 15 is 0 Å². The van der Waals surface area contributed by atoms with Crippen LogP contribution in [0.4, 0.5) is 0 Å². The largest absolute Gasteiger partial charge is 0.374 e. The molecule has 0 N–H and O–H groups in total. The summed E-state index contributed by atoms with van der Waals surface area (Å²) in [5.41, 5.74) is 0.141. The molecule has 0 spiro atoms. The van der Waals surface area contributed by atoms with Crippen LogP contribution in [0, 0.1) is 11.8 Å². The highest BCUT2D eigenvalue weighted by atomic mass is 79.9. The summed E-state index contributed by atoms with van der Waals surface area (Å²) < 4.78 is 6.10. The minimum absolute atomic E-state index is 0.141. The molecule has 2 heteroatoms. The Hall–Kier alpha value is 0.440. The van der Waals surface area contributed by atoms with Gasteiger partial charge in [0.25, 0.3) is 0 Å². The van der Waals surface area contributed by atoms with E-state index in [1.165, 1.54) is 25.7 Å². The van der Waals surface area contributed by atoms with Gasteiger partial charge in [-0.25, -0.2) is 0 Å². The van der Waals surface area contributed by atoms with Gasteiger partial charge in [0.2, 0.25) is 0 Å². The van der Waals surface area contributed by atoms with E-state index in [0.717, 1.165) is 17.9 Å². The Morgan fingerprint density at radius 3 is 2.71 bits per heavy atom. The van der Waals surface area contributed by atoms with Gasteiger partial charge in [-0.05, 0) is 24.7 Å². The van der Waals surface area contributed by atoms with E-state index in [2.05, 4.69) is 36.7 Å². The van der Waals surface area contributed by atoms with E-state index < -0.39 is 0 Å². The van der Waals surface area contributed by atoms with Crippen LogP contribution < -0.4 is 0 Å². The molecular weight excluding hydrogens is 240 g/mol. The molecule has 0 amide bonds. The maximum Gasteiger partial charge on any atom is 0.0781 e. The van der Waals surface area contributed by atoms with Gasteiger partial charge in [-0.3, -0.25) is 0 Å². The van der Waals surface area contributed by atoms with Crippen LogP contribution in [0.2, 0.25) is 0 Å². The van der Waals surface area contributed by atoms with E-state index in [4.69, 9.17) is 4.74 Å². The molecule has 2 atom stereocenters. The first-order chi connectivity index (χ1) is 6.58. The van der Waals surface area contributed by atoms with Gasteiger partial charge in [-0.2, -0.15) is 0 Å². The highest BCUT2D eigenvalue weighted by Crippen LogP contribution is 2.36. The van der Waals surface area contributed by atoms with Crippen LogP contribution in [0.5, 0.6) is 0 Å². The molecular formula is C12H23BrO. The number of halogens is 1. The molecule has 1 saturated carbocycles. The highest BCUT2D eigenvalue weighted by Gasteiger charge is 2.34. The van der Waals surface area contributed by atoms with Gasteiger partial charge in [-0.1, -0.05) is 49.5 Å². The molecule has 1 aliphatic rings. The second-order valence-electron chi connectivity index (χ2n) is 5.22. The van der Waals surface area contributed by atoms with Gasteiger partial charge < -0.3 is 4.74 Å². The first-order valence-corrected chi connectivity index (χ1v) is 6.90. The number of alkyl halides is 1. The van der Waals surface area contributed by atoms with E-state index in [0.29, 0.717) is 5.92 Å². The molecule has 1 nitrogen and oxygen atoms in total. The van der Waals surface area contributed by atoms with Crippen molar-refractivity contribution >= 4 is 15.9 Å². The van der Waals surface area contributed by atoms with Crippen molar-refractivity contribution in [3.05, 3.63) is 0 Å². The number of ether oxygens (including phenoxy) is 1. The smallest absolute Gasteiger partial charge is 0.0781 e. The minimum atomic E-state index is 0.141. The second kappa shape index (κ2) is 5.50. The van der Waals surface area contributed by atoms with Gasteiger partial charge in [0.1, 0.15) is 0 Å². The molecule has 0 aromatic carbocycles. The summed E-state index contributed by atoms with van der Waals surface area (Å²) in [6, 6.07) is 0. The second-order valence-corrected chi connectivity index (χ2v) is 5.78. The highest BCUT2D eigenvalue weighted by molar-refractivity contribution is 9.09. The summed E-state index contributed by atoms with van der Waals surface area (Å²) in [5, 5.41) is 0.997. The van der Waals surface area contributed by atoms with Crippen LogP contribution in [0.25, 0.3) is 0 Å². The molecule has 0 saturated heterocycles. The van der Waals surface area contributed by atoms with Crippen LogP contribution >= 0.6 is 15.9 Å². The van der Waals surface area contributed by atoms with E-state index in [1.54, 1.807) is 0 Å². The third kappa shape index (κ3) is 3.54. The Morgan fingerprint density at radius 2 is 2.21 bits per heavy atom. The monoisotopic (exact) mass is 262 g/mol. The number of hydrogen-bond acceptors (Lipinski definition) is 1. The predicted molar refractivity (Wildman–Crippen MR) is 64.9 cm³/mol. The fourth-order valence-corrected chi connectivity index (χ4v) is 2.92. The zero-order valence-corrected chi connectivity index (χ0v) is 11.3. The fourth-order valence-electron chi connectivity index (χ4n) is 2.25. The maximum atomic E-state index is 6.10. The van der Waals surface area contributed by atoms with Gasteiger partial charge in [0.15, 0.2) is 0 Å². The van der Waals surface area contributed by atoms with Crippen molar-refractivity contribution in [1.82, 2.24) is 0 Å². The summed E-state index contributed by atoms with van der Waals surface area (Å²) in [4.78, 5) is 0. The molecule has 0 heterocycles. The molecule has 0 aromatic rings. The lowest BCUT2D eigenvalue weighted by atomic mass is 9.80. The summed E-state index contributed by atoms with van der Waals surface area (Å²) in [7, 11) is 0. The van der Waals surface area contributed by atoms with Crippen LogP contribution in [0.3, 0.4) is 0 Å². The van der Waals surface area contributed by atoms with E-state index in [-0.39, 0.29) is 5.60 Å². The van der Waals surface area contributed by atoms with Crippen molar-refractivity contribution in [1.29, 1.82) is 0 Å². The molecule has 14 heavy (non-hydrogen) atoms. The normalized spacial score (nSPS) is 33.6. The molecule has 0 radical (unpaired) electrons. The lowest BCUT2D eigenvalue weighted by Gasteiger charge is -2.39. The van der Waals surface area contributed by atoms with Gasteiger partial charge in [0.05, 0.1) is 5.60 Å². The molecule has 1 fully saturated rings.